The molecule has 1 aliphatic rings. The molecule has 0 bridgehead atoms. The van der Waals surface area contributed by atoms with Crippen LogP contribution in [0.3, 0.4) is 0 Å². The second-order valence-corrected chi connectivity index (χ2v) is 8.99. The van der Waals surface area contributed by atoms with Crippen molar-refractivity contribution in [2.75, 3.05) is 27.3 Å². The zero-order valence-corrected chi connectivity index (χ0v) is 20.4. The van der Waals surface area contributed by atoms with E-state index < -0.39 is 0 Å². The monoisotopic (exact) mass is 476 g/mol. The van der Waals surface area contributed by atoms with Gasteiger partial charge in [0.1, 0.15) is 5.82 Å². The van der Waals surface area contributed by atoms with Gasteiger partial charge in [-0.2, -0.15) is 0 Å². The maximum absolute atomic E-state index is 13.5. The Hall–Kier alpha value is -3.38. The van der Waals surface area contributed by atoms with Crippen LogP contribution >= 0.6 is 0 Å². The Morgan fingerprint density at radius 2 is 1.69 bits per heavy atom. The minimum Gasteiger partial charge on any atom is -0.493 e. The molecule has 0 aliphatic carbocycles. The van der Waals surface area contributed by atoms with Crippen molar-refractivity contribution in [2.45, 2.75) is 31.8 Å². The van der Waals surface area contributed by atoms with Crippen LogP contribution in [-0.4, -0.2) is 38.1 Å². The summed E-state index contributed by atoms with van der Waals surface area (Å²) in [5.74, 6) is 1.12. The normalized spacial score (nSPS) is 18.1. The van der Waals surface area contributed by atoms with Gasteiger partial charge in [-0.3, -0.25) is 9.69 Å². The quantitative estimate of drug-likeness (QED) is 0.464. The summed E-state index contributed by atoms with van der Waals surface area (Å²) in [5, 5.41) is 3.13. The third-order valence-electron chi connectivity index (χ3n) is 6.70. The Kier molecular flexibility index (Phi) is 8.37. The third-order valence-corrected chi connectivity index (χ3v) is 6.70. The topological polar surface area (TPSA) is 50.8 Å². The molecule has 5 nitrogen and oxygen atoms in total. The van der Waals surface area contributed by atoms with E-state index in [0.717, 1.165) is 30.4 Å². The summed E-state index contributed by atoms with van der Waals surface area (Å²) in [6.45, 7) is 1.89. The summed E-state index contributed by atoms with van der Waals surface area (Å²) < 4.78 is 24.4. The van der Waals surface area contributed by atoms with E-state index in [4.69, 9.17) is 9.47 Å². The zero-order chi connectivity index (χ0) is 24.6. The number of nitrogens with one attached hydrogen (secondary N) is 1. The number of piperidine rings is 1. The molecule has 35 heavy (non-hydrogen) atoms. The number of hydrogen-bond donors (Lipinski definition) is 1. The molecule has 0 saturated carbocycles. The first-order valence-electron chi connectivity index (χ1n) is 12.1. The van der Waals surface area contributed by atoms with Crippen molar-refractivity contribution in [3.63, 3.8) is 0 Å². The molecule has 1 saturated heterocycles. The summed E-state index contributed by atoms with van der Waals surface area (Å²) in [5.41, 5.74) is 3.35. The number of rotatable bonds is 9. The highest BCUT2D eigenvalue weighted by Crippen LogP contribution is 2.38. The first-order valence-corrected chi connectivity index (χ1v) is 12.1. The Labute approximate surface area is 206 Å². The molecule has 3 aromatic rings. The van der Waals surface area contributed by atoms with Crippen molar-refractivity contribution >= 4 is 5.91 Å². The summed E-state index contributed by atoms with van der Waals surface area (Å²) in [7, 11) is 3.26. The number of halogens is 1. The lowest BCUT2D eigenvalue weighted by atomic mass is 9.87. The van der Waals surface area contributed by atoms with E-state index in [1.165, 1.54) is 17.7 Å². The van der Waals surface area contributed by atoms with E-state index in [-0.39, 0.29) is 23.7 Å². The van der Waals surface area contributed by atoms with E-state index in [1.54, 1.807) is 14.2 Å². The number of carbonyl (C=O) groups excluding carboxylic acids is 1. The number of hydrogen-bond acceptors (Lipinski definition) is 4. The fourth-order valence-electron chi connectivity index (χ4n) is 4.81. The van der Waals surface area contributed by atoms with Crippen LogP contribution in [0.5, 0.6) is 11.5 Å². The number of likely N-dealkylation sites (tertiary alicyclic amines) is 1. The SMILES string of the molecule is COc1ccc(C2CCC(C(=O)NCCc3ccccc3)CN2Cc2ccc(F)cc2)cc1OC. The third kappa shape index (κ3) is 6.40. The van der Waals surface area contributed by atoms with Crippen molar-refractivity contribution in [2.24, 2.45) is 5.92 Å². The lowest BCUT2D eigenvalue weighted by Crippen LogP contribution is -2.44. The number of amides is 1. The highest BCUT2D eigenvalue weighted by Gasteiger charge is 2.33. The second-order valence-electron chi connectivity index (χ2n) is 8.99. The summed E-state index contributed by atoms with van der Waals surface area (Å²) in [4.78, 5) is 15.4. The Morgan fingerprint density at radius 3 is 2.40 bits per heavy atom. The molecular weight excluding hydrogens is 443 g/mol. The summed E-state index contributed by atoms with van der Waals surface area (Å²) >= 11 is 0. The minimum atomic E-state index is -0.250. The molecule has 0 radical (unpaired) electrons. The highest BCUT2D eigenvalue weighted by molar-refractivity contribution is 5.79. The van der Waals surface area contributed by atoms with E-state index in [9.17, 15) is 9.18 Å². The van der Waals surface area contributed by atoms with E-state index in [2.05, 4.69) is 28.4 Å². The molecule has 0 spiro atoms. The summed E-state index contributed by atoms with van der Waals surface area (Å²) in [6.07, 6.45) is 2.45. The molecule has 2 atom stereocenters. The first-order chi connectivity index (χ1) is 17.1. The predicted octanol–water partition coefficient (Wildman–Crippen LogP) is 5.16. The van der Waals surface area contributed by atoms with Crippen LogP contribution in [0, 0.1) is 11.7 Å². The number of carbonyl (C=O) groups is 1. The molecular formula is C29H33FN2O3. The zero-order valence-electron chi connectivity index (χ0n) is 20.4. The maximum Gasteiger partial charge on any atom is 0.224 e. The van der Waals surface area contributed by atoms with Gasteiger partial charge < -0.3 is 14.8 Å². The van der Waals surface area contributed by atoms with Crippen LogP contribution in [-0.2, 0) is 17.8 Å². The van der Waals surface area contributed by atoms with Crippen molar-refractivity contribution in [1.29, 1.82) is 0 Å². The lowest BCUT2D eigenvalue weighted by molar-refractivity contribution is -0.127. The van der Waals surface area contributed by atoms with Gasteiger partial charge in [-0.1, -0.05) is 48.5 Å². The number of methoxy groups -OCH3 is 2. The van der Waals surface area contributed by atoms with Gasteiger partial charge in [-0.05, 0) is 60.2 Å². The van der Waals surface area contributed by atoms with Gasteiger partial charge >= 0.3 is 0 Å². The molecule has 1 fully saturated rings. The van der Waals surface area contributed by atoms with Crippen LogP contribution < -0.4 is 14.8 Å². The van der Waals surface area contributed by atoms with Crippen LogP contribution in [0.25, 0.3) is 0 Å². The Morgan fingerprint density at radius 1 is 0.943 bits per heavy atom. The molecule has 4 rings (SSSR count). The van der Waals surface area contributed by atoms with E-state index >= 15 is 0 Å². The number of ether oxygens (including phenoxy) is 2. The van der Waals surface area contributed by atoms with Crippen LogP contribution in [0.2, 0.25) is 0 Å². The number of nitrogens with zero attached hydrogens (tertiary/aromatic N) is 1. The molecule has 0 aromatic heterocycles. The molecule has 1 heterocycles. The van der Waals surface area contributed by atoms with Gasteiger partial charge in [0, 0.05) is 25.7 Å². The Bertz CT molecular complexity index is 1100. The minimum absolute atomic E-state index is 0.0933. The largest absolute Gasteiger partial charge is 0.493 e. The fourth-order valence-corrected chi connectivity index (χ4v) is 4.81. The van der Waals surface area contributed by atoms with Gasteiger partial charge in [-0.25, -0.2) is 4.39 Å². The standard InChI is InChI=1S/C29H33FN2O3/c1-34-27-15-11-23(18-28(27)35-2)26-14-10-24(20-32(26)19-22-8-12-25(30)13-9-22)29(33)31-17-16-21-6-4-3-5-7-21/h3-9,11-13,15,18,24,26H,10,14,16-17,19-20H2,1-2H3,(H,31,33). The van der Waals surface area contributed by atoms with Gasteiger partial charge in [0.15, 0.2) is 11.5 Å². The van der Waals surface area contributed by atoms with Gasteiger partial charge in [0.05, 0.1) is 20.1 Å². The molecule has 1 aliphatic heterocycles. The fraction of sp³-hybridized carbons (Fsp3) is 0.345. The van der Waals surface area contributed by atoms with E-state index in [1.807, 2.05) is 42.5 Å². The average Bonchev–Trinajstić information content (AvgIpc) is 2.90. The van der Waals surface area contributed by atoms with Crippen LogP contribution in [0.15, 0.2) is 72.8 Å². The first kappa shape index (κ1) is 24.7. The van der Waals surface area contributed by atoms with Gasteiger partial charge in [-0.15, -0.1) is 0 Å². The van der Waals surface area contributed by atoms with Crippen molar-refractivity contribution in [3.8, 4) is 11.5 Å². The van der Waals surface area contributed by atoms with E-state index in [0.29, 0.717) is 31.1 Å². The van der Waals surface area contributed by atoms with Crippen molar-refractivity contribution in [3.05, 3.63) is 95.3 Å². The Balaban J connectivity index is 1.47. The van der Waals surface area contributed by atoms with Gasteiger partial charge in [0.2, 0.25) is 5.91 Å². The molecule has 2 unspecified atom stereocenters. The molecule has 6 heteroatoms. The molecule has 184 valence electrons. The second kappa shape index (κ2) is 11.8. The molecule has 1 amide bonds. The van der Waals surface area contributed by atoms with Crippen LogP contribution in [0.1, 0.15) is 35.6 Å². The van der Waals surface area contributed by atoms with Crippen molar-refractivity contribution < 1.29 is 18.7 Å². The van der Waals surface area contributed by atoms with Crippen LogP contribution in [0.4, 0.5) is 4.39 Å². The molecule has 3 aromatic carbocycles. The predicted molar refractivity (Wildman–Crippen MR) is 135 cm³/mol. The maximum atomic E-state index is 13.5. The lowest BCUT2D eigenvalue weighted by Gasteiger charge is -2.39. The average molecular weight is 477 g/mol. The smallest absolute Gasteiger partial charge is 0.224 e. The van der Waals surface area contributed by atoms with Crippen molar-refractivity contribution in [1.82, 2.24) is 10.2 Å². The summed E-state index contributed by atoms with van der Waals surface area (Å²) in [6, 6.07) is 22.9. The van der Waals surface area contributed by atoms with Gasteiger partial charge in [0.25, 0.3) is 0 Å². The highest BCUT2D eigenvalue weighted by atomic mass is 19.1. The number of benzene rings is 3. The molecule has 1 N–H and O–H groups in total.